The first-order chi connectivity index (χ1) is 6.19. The SMILES string of the molecule is N[C@H](CO)c1ccc(CO)c(F)c1. The van der Waals surface area contributed by atoms with Crippen LogP contribution < -0.4 is 5.73 Å². The highest BCUT2D eigenvalue weighted by atomic mass is 19.1. The Morgan fingerprint density at radius 3 is 2.54 bits per heavy atom. The third-order valence-corrected chi connectivity index (χ3v) is 1.87. The Kier molecular flexibility index (Phi) is 3.36. The predicted octanol–water partition coefficient (Wildman–Crippen LogP) is 0.310. The second-order valence-corrected chi connectivity index (χ2v) is 2.80. The van der Waals surface area contributed by atoms with Crippen molar-refractivity contribution in [3.05, 3.63) is 35.1 Å². The Hall–Kier alpha value is -0.970. The molecule has 1 aromatic rings. The molecule has 4 N–H and O–H groups in total. The first-order valence-electron chi connectivity index (χ1n) is 3.94. The van der Waals surface area contributed by atoms with Crippen molar-refractivity contribution in [1.82, 2.24) is 0 Å². The Balaban J connectivity index is 2.95. The third-order valence-electron chi connectivity index (χ3n) is 1.87. The molecule has 0 heterocycles. The summed E-state index contributed by atoms with van der Waals surface area (Å²) in [7, 11) is 0. The monoisotopic (exact) mass is 185 g/mol. The molecular formula is C9H12FNO2. The fourth-order valence-electron chi connectivity index (χ4n) is 1.03. The molecule has 0 fully saturated rings. The van der Waals surface area contributed by atoms with Crippen LogP contribution in [0.1, 0.15) is 17.2 Å². The van der Waals surface area contributed by atoms with Gasteiger partial charge in [-0.05, 0) is 11.6 Å². The molecule has 0 unspecified atom stereocenters. The van der Waals surface area contributed by atoms with E-state index in [2.05, 4.69) is 0 Å². The summed E-state index contributed by atoms with van der Waals surface area (Å²) >= 11 is 0. The van der Waals surface area contributed by atoms with Gasteiger partial charge >= 0.3 is 0 Å². The fraction of sp³-hybridized carbons (Fsp3) is 0.333. The van der Waals surface area contributed by atoms with Gasteiger partial charge in [0, 0.05) is 5.56 Å². The molecular weight excluding hydrogens is 173 g/mol. The highest BCUT2D eigenvalue weighted by molar-refractivity contribution is 5.26. The van der Waals surface area contributed by atoms with Crippen molar-refractivity contribution < 1.29 is 14.6 Å². The maximum absolute atomic E-state index is 13.0. The highest BCUT2D eigenvalue weighted by Gasteiger charge is 2.07. The minimum Gasteiger partial charge on any atom is -0.394 e. The Labute approximate surface area is 75.6 Å². The second kappa shape index (κ2) is 4.32. The van der Waals surface area contributed by atoms with Crippen LogP contribution in [0.5, 0.6) is 0 Å². The van der Waals surface area contributed by atoms with Crippen LogP contribution in [0, 0.1) is 5.82 Å². The van der Waals surface area contributed by atoms with E-state index in [1.807, 2.05) is 0 Å². The number of hydrogen-bond acceptors (Lipinski definition) is 3. The van der Waals surface area contributed by atoms with E-state index in [1.54, 1.807) is 6.07 Å². The summed E-state index contributed by atoms with van der Waals surface area (Å²) in [6, 6.07) is 3.71. The Morgan fingerprint density at radius 2 is 2.08 bits per heavy atom. The molecule has 0 amide bonds. The maximum Gasteiger partial charge on any atom is 0.129 e. The van der Waals surface area contributed by atoms with E-state index in [4.69, 9.17) is 15.9 Å². The summed E-state index contributed by atoms with van der Waals surface area (Å²) < 4.78 is 13.0. The molecule has 0 spiro atoms. The van der Waals surface area contributed by atoms with E-state index in [-0.39, 0.29) is 18.8 Å². The number of halogens is 1. The standard InChI is InChI=1S/C9H12FNO2/c10-8-3-6(9(11)5-13)1-2-7(8)4-12/h1-3,9,12-13H,4-5,11H2/t9-/m1/s1. The van der Waals surface area contributed by atoms with Gasteiger partial charge in [-0.15, -0.1) is 0 Å². The normalized spacial score (nSPS) is 12.9. The molecule has 0 bridgehead atoms. The summed E-state index contributed by atoms with van der Waals surface area (Å²) in [6.07, 6.45) is 0. The fourth-order valence-corrected chi connectivity index (χ4v) is 1.03. The molecule has 1 rings (SSSR count). The molecule has 0 aliphatic rings. The molecule has 1 aromatic carbocycles. The summed E-state index contributed by atoms with van der Waals surface area (Å²) in [5, 5.41) is 17.4. The van der Waals surface area contributed by atoms with Crippen LogP contribution in [-0.4, -0.2) is 16.8 Å². The lowest BCUT2D eigenvalue weighted by atomic mass is 10.1. The summed E-state index contributed by atoms with van der Waals surface area (Å²) in [5.74, 6) is -0.496. The van der Waals surface area contributed by atoms with Gasteiger partial charge < -0.3 is 15.9 Å². The van der Waals surface area contributed by atoms with E-state index in [9.17, 15) is 4.39 Å². The van der Waals surface area contributed by atoms with Crippen molar-refractivity contribution in [2.75, 3.05) is 6.61 Å². The lowest BCUT2D eigenvalue weighted by molar-refractivity contribution is 0.266. The third kappa shape index (κ3) is 2.24. The van der Waals surface area contributed by atoms with Crippen LogP contribution >= 0.6 is 0 Å². The number of nitrogens with two attached hydrogens (primary N) is 1. The van der Waals surface area contributed by atoms with Gasteiger partial charge in [-0.25, -0.2) is 4.39 Å². The van der Waals surface area contributed by atoms with Crippen LogP contribution in [0.2, 0.25) is 0 Å². The maximum atomic E-state index is 13.0. The van der Waals surface area contributed by atoms with Gasteiger partial charge in [-0.2, -0.15) is 0 Å². The van der Waals surface area contributed by atoms with E-state index in [0.29, 0.717) is 5.56 Å². The van der Waals surface area contributed by atoms with Crippen molar-refractivity contribution >= 4 is 0 Å². The molecule has 3 nitrogen and oxygen atoms in total. The smallest absolute Gasteiger partial charge is 0.129 e. The molecule has 0 aliphatic carbocycles. The van der Waals surface area contributed by atoms with E-state index in [0.717, 1.165) is 0 Å². The summed E-state index contributed by atoms with van der Waals surface area (Å²) in [4.78, 5) is 0. The largest absolute Gasteiger partial charge is 0.394 e. The second-order valence-electron chi connectivity index (χ2n) is 2.80. The average Bonchev–Trinajstić information content (AvgIpc) is 2.16. The molecule has 1 atom stereocenters. The zero-order valence-corrected chi connectivity index (χ0v) is 7.07. The molecule has 0 aromatic heterocycles. The van der Waals surface area contributed by atoms with Crippen molar-refractivity contribution in [2.45, 2.75) is 12.6 Å². The molecule has 0 saturated carbocycles. The molecule has 4 heteroatoms. The zero-order chi connectivity index (χ0) is 9.84. The van der Waals surface area contributed by atoms with E-state index >= 15 is 0 Å². The average molecular weight is 185 g/mol. The number of rotatable bonds is 3. The van der Waals surface area contributed by atoms with Crippen molar-refractivity contribution in [1.29, 1.82) is 0 Å². The topological polar surface area (TPSA) is 66.5 Å². The molecule has 0 saturated heterocycles. The molecule has 0 radical (unpaired) electrons. The van der Waals surface area contributed by atoms with Crippen LogP contribution in [0.15, 0.2) is 18.2 Å². The van der Waals surface area contributed by atoms with Gasteiger partial charge in [0.2, 0.25) is 0 Å². The van der Waals surface area contributed by atoms with Crippen molar-refractivity contribution in [2.24, 2.45) is 5.73 Å². The van der Waals surface area contributed by atoms with Crippen LogP contribution in [0.3, 0.4) is 0 Å². The molecule has 13 heavy (non-hydrogen) atoms. The van der Waals surface area contributed by atoms with Crippen LogP contribution in [-0.2, 0) is 6.61 Å². The number of aliphatic hydroxyl groups is 2. The van der Waals surface area contributed by atoms with Crippen LogP contribution in [0.4, 0.5) is 4.39 Å². The highest BCUT2D eigenvalue weighted by Crippen LogP contribution is 2.14. The quantitative estimate of drug-likeness (QED) is 0.635. The first-order valence-corrected chi connectivity index (χ1v) is 3.94. The Morgan fingerprint density at radius 1 is 1.38 bits per heavy atom. The lowest BCUT2D eigenvalue weighted by Crippen LogP contribution is -2.14. The first kappa shape index (κ1) is 10.1. The molecule has 0 aliphatic heterocycles. The van der Waals surface area contributed by atoms with Crippen molar-refractivity contribution in [3.63, 3.8) is 0 Å². The molecule has 72 valence electrons. The van der Waals surface area contributed by atoms with Gasteiger partial charge in [-0.1, -0.05) is 12.1 Å². The van der Waals surface area contributed by atoms with Gasteiger partial charge in [-0.3, -0.25) is 0 Å². The predicted molar refractivity (Wildman–Crippen MR) is 46.3 cm³/mol. The Bertz CT molecular complexity index is 291. The number of benzene rings is 1. The minimum atomic E-state index is -0.567. The lowest BCUT2D eigenvalue weighted by Gasteiger charge is -2.09. The number of hydrogen-bond donors (Lipinski definition) is 3. The summed E-state index contributed by atoms with van der Waals surface area (Å²) in [5.41, 5.74) is 6.23. The van der Waals surface area contributed by atoms with E-state index < -0.39 is 11.9 Å². The van der Waals surface area contributed by atoms with Gasteiger partial charge in [0.1, 0.15) is 5.82 Å². The van der Waals surface area contributed by atoms with Gasteiger partial charge in [0.25, 0.3) is 0 Å². The van der Waals surface area contributed by atoms with Gasteiger partial charge in [0.05, 0.1) is 19.3 Å². The van der Waals surface area contributed by atoms with Crippen LogP contribution in [0.25, 0.3) is 0 Å². The zero-order valence-electron chi connectivity index (χ0n) is 7.07. The summed E-state index contributed by atoms with van der Waals surface area (Å²) in [6.45, 7) is -0.557. The van der Waals surface area contributed by atoms with E-state index in [1.165, 1.54) is 12.1 Å². The van der Waals surface area contributed by atoms with Gasteiger partial charge in [0.15, 0.2) is 0 Å². The number of aliphatic hydroxyl groups excluding tert-OH is 2. The minimum absolute atomic E-state index is 0.224. The van der Waals surface area contributed by atoms with Crippen molar-refractivity contribution in [3.8, 4) is 0 Å².